The third-order valence-electron chi connectivity index (χ3n) is 4.78. The summed E-state index contributed by atoms with van der Waals surface area (Å²) in [6, 6.07) is 10.0. The van der Waals surface area contributed by atoms with Crippen LogP contribution in [0.15, 0.2) is 48.8 Å². The summed E-state index contributed by atoms with van der Waals surface area (Å²) in [5.74, 6) is 0.227. The normalized spacial score (nSPS) is 11.4. The Labute approximate surface area is 207 Å². The Bertz CT molecular complexity index is 1390. The maximum atomic E-state index is 12.9. The van der Waals surface area contributed by atoms with Gasteiger partial charge in [-0.05, 0) is 36.8 Å². The van der Waals surface area contributed by atoms with Gasteiger partial charge in [0.1, 0.15) is 10.7 Å². The van der Waals surface area contributed by atoms with Crippen LogP contribution in [0.2, 0.25) is 5.02 Å². The molecule has 0 atom stereocenters. The average Bonchev–Trinajstić information content (AvgIpc) is 3.19. The highest BCUT2D eigenvalue weighted by Gasteiger charge is 2.32. The molecule has 4 aromatic rings. The maximum Gasteiger partial charge on any atom is 0.417 e. The van der Waals surface area contributed by atoms with E-state index in [0.29, 0.717) is 33.8 Å². The number of rotatable bonds is 6. The van der Waals surface area contributed by atoms with Crippen molar-refractivity contribution >= 4 is 40.5 Å². The lowest BCUT2D eigenvalue weighted by Crippen LogP contribution is -2.18. The largest absolute Gasteiger partial charge is 0.417 e. The number of aromatic nitrogens is 4. The molecule has 35 heavy (non-hydrogen) atoms. The van der Waals surface area contributed by atoms with Gasteiger partial charge >= 0.3 is 6.18 Å². The number of alkyl halides is 3. The SMILES string of the molecule is CC(=O)NCc1cccc(Nc2nccc(-c3sc(-c4ncc(C(F)(F)F)cc4Cl)nc3C)n2)c1. The van der Waals surface area contributed by atoms with E-state index in [0.717, 1.165) is 23.5 Å². The summed E-state index contributed by atoms with van der Waals surface area (Å²) < 4.78 is 38.8. The van der Waals surface area contributed by atoms with Crippen LogP contribution in [-0.4, -0.2) is 25.8 Å². The summed E-state index contributed by atoms with van der Waals surface area (Å²) in [6.07, 6.45) is -2.20. The molecule has 7 nitrogen and oxygen atoms in total. The molecule has 0 aliphatic carbocycles. The van der Waals surface area contributed by atoms with Gasteiger partial charge in [-0.3, -0.25) is 9.78 Å². The molecule has 180 valence electrons. The number of hydrogen-bond acceptors (Lipinski definition) is 7. The predicted octanol–water partition coefficient (Wildman–Crippen LogP) is 6.02. The molecule has 3 aromatic heterocycles. The van der Waals surface area contributed by atoms with Crippen molar-refractivity contribution in [3.63, 3.8) is 0 Å². The molecule has 0 radical (unpaired) electrons. The Balaban J connectivity index is 1.58. The lowest BCUT2D eigenvalue weighted by molar-refractivity contribution is -0.137. The van der Waals surface area contributed by atoms with Gasteiger partial charge in [-0.1, -0.05) is 23.7 Å². The van der Waals surface area contributed by atoms with Crippen LogP contribution in [0.3, 0.4) is 0 Å². The topological polar surface area (TPSA) is 92.7 Å². The summed E-state index contributed by atoms with van der Waals surface area (Å²) in [5, 5.41) is 6.13. The lowest BCUT2D eigenvalue weighted by atomic mass is 10.2. The first kappa shape index (κ1) is 24.6. The zero-order chi connectivity index (χ0) is 25.2. The minimum absolute atomic E-state index is 0.119. The van der Waals surface area contributed by atoms with E-state index in [4.69, 9.17) is 11.6 Å². The number of pyridine rings is 1. The average molecular weight is 519 g/mol. The van der Waals surface area contributed by atoms with E-state index in [1.807, 2.05) is 24.3 Å². The molecular weight excluding hydrogens is 501 g/mol. The van der Waals surface area contributed by atoms with Gasteiger partial charge in [-0.2, -0.15) is 13.2 Å². The van der Waals surface area contributed by atoms with Crippen LogP contribution in [0.1, 0.15) is 23.7 Å². The fraction of sp³-hybridized carbons (Fsp3) is 0.174. The molecule has 0 saturated heterocycles. The van der Waals surface area contributed by atoms with Gasteiger partial charge in [0.15, 0.2) is 0 Å². The van der Waals surface area contributed by atoms with Gasteiger partial charge < -0.3 is 10.6 Å². The summed E-state index contributed by atoms with van der Waals surface area (Å²) in [6.45, 7) is 3.62. The second kappa shape index (κ2) is 9.96. The number of carbonyl (C=O) groups excluding carboxylic acids is 1. The van der Waals surface area contributed by atoms with Crippen LogP contribution in [0.4, 0.5) is 24.8 Å². The fourth-order valence-electron chi connectivity index (χ4n) is 3.15. The summed E-state index contributed by atoms with van der Waals surface area (Å²) in [5.41, 5.74) is 2.11. The molecule has 0 aliphatic rings. The number of aryl methyl sites for hydroxylation is 1. The molecular formula is C23H18ClF3N6OS. The second-order valence-corrected chi connectivity index (χ2v) is 8.89. The minimum atomic E-state index is -4.53. The van der Waals surface area contributed by atoms with Crippen LogP contribution >= 0.6 is 22.9 Å². The standard InChI is InChI=1S/C23H18ClF3N6OS/c1-12-20(35-21(31-12)19-17(24)9-15(11-30-19)23(25,26)27)18-6-7-28-22(33-18)32-16-5-3-4-14(8-16)10-29-13(2)34/h3-9,11H,10H2,1-2H3,(H,29,34)(H,28,32,33). The number of carbonyl (C=O) groups is 1. The number of nitrogens with one attached hydrogen (secondary N) is 2. The molecule has 1 aromatic carbocycles. The van der Waals surface area contributed by atoms with Crippen molar-refractivity contribution in [2.24, 2.45) is 0 Å². The smallest absolute Gasteiger partial charge is 0.352 e. The predicted molar refractivity (Wildman–Crippen MR) is 128 cm³/mol. The third kappa shape index (κ3) is 5.92. The summed E-state index contributed by atoms with van der Waals surface area (Å²) in [7, 11) is 0. The molecule has 0 aliphatic heterocycles. The second-order valence-electron chi connectivity index (χ2n) is 7.49. The van der Waals surface area contributed by atoms with Crippen molar-refractivity contribution in [1.82, 2.24) is 25.3 Å². The Morgan fingerprint density at radius 2 is 1.94 bits per heavy atom. The number of amides is 1. The zero-order valence-corrected chi connectivity index (χ0v) is 20.0. The number of thiazole rings is 1. The van der Waals surface area contributed by atoms with Gasteiger partial charge in [-0.15, -0.1) is 11.3 Å². The quantitative estimate of drug-likeness (QED) is 0.324. The van der Waals surface area contributed by atoms with E-state index in [1.54, 1.807) is 19.2 Å². The molecule has 4 rings (SSSR count). The van der Waals surface area contributed by atoms with E-state index in [1.165, 1.54) is 18.3 Å². The van der Waals surface area contributed by atoms with E-state index in [9.17, 15) is 18.0 Å². The van der Waals surface area contributed by atoms with Crippen molar-refractivity contribution in [3.8, 4) is 21.3 Å². The molecule has 0 unspecified atom stereocenters. The minimum Gasteiger partial charge on any atom is -0.352 e. The number of hydrogen-bond donors (Lipinski definition) is 2. The monoisotopic (exact) mass is 518 g/mol. The van der Waals surface area contributed by atoms with Gasteiger partial charge in [0, 0.05) is 31.5 Å². The Kier molecular flexibility index (Phi) is 6.99. The number of nitrogens with zero attached hydrogens (tertiary/aromatic N) is 4. The van der Waals surface area contributed by atoms with Gasteiger partial charge in [0.2, 0.25) is 11.9 Å². The van der Waals surface area contributed by atoms with Crippen LogP contribution in [-0.2, 0) is 17.5 Å². The van der Waals surface area contributed by atoms with Gasteiger partial charge in [0.25, 0.3) is 0 Å². The maximum absolute atomic E-state index is 12.9. The van der Waals surface area contributed by atoms with E-state index in [-0.39, 0.29) is 16.6 Å². The molecule has 2 N–H and O–H groups in total. The van der Waals surface area contributed by atoms with E-state index >= 15 is 0 Å². The molecule has 0 spiro atoms. The molecule has 1 amide bonds. The number of halogens is 4. The highest BCUT2D eigenvalue weighted by Crippen LogP contribution is 2.38. The van der Waals surface area contributed by atoms with Crippen molar-refractivity contribution in [2.75, 3.05) is 5.32 Å². The third-order valence-corrected chi connectivity index (χ3v) is 6.26. The molecule has 0 saturated carbocycles. The first-order valence-electron chi connectivity index (χ1n) is 10.2. The Morgan fingerprint density at radius 3 is 2.66 bits per heavy atom. The molecule has 3 heterocycles. The van der Waals surface area contributed by atoms with Gasteiger partial charge in [-0.25, -0.2) is 15.0 Å². The van der Waals surface area contributed by atoms with Crippen molar-refractivity contribution in [3.05, 3.63) is 70.6 Å². The van der Waals surface area contributed by atoms with Crippen LogP contribution in [0.25, 0.3) is 21.3 Å². The van der Waals surface area contributed by atoms with Crippen molar-refractivity contribution < 1.29 is 18.0 Å². The molecule has 0 fully saturated rings. The number of benzene rings is 1. The summed E-state index contributed by atoms with van der Waals surface area (Å²) >= 11 is 7.31. The first-order chi connectivity index (χ1) is 16.6. The van der Waals surface area contributed by atoms with Crippen molar-refractivity contribution in [2.45, 2.75) is 26.6 Å². The Morgan fingerprint density at radius 1 is 1.14 bits per heavy atom. The van der Waals surface area contributed by atoms with Gasteiger partial charge in [0.05, 0.1) is 26.9 Å². The Hall–Kier alpha value is -3.57. The van der Waals surface area contributed by atoms with Crippen molar-refractivity contribution in [1.29, 1.82) is 0 Å². The van der Waals surface area contributed by atoms with Crippen LogP contribution < -0.4 is 10.6 Å². The van der Waals surface area contributed by atoms with E-state index < -0.39 is 11.7 Å². The van der Waals surface area contributed by atoms with E-state index in [2.05, 4.69) is 30.6 Å². The fourth-order valence-corrected chi connectivity index (χ4v) is 4.50. The first-order valence-corrected chi connectivity index (χ1v) is 11.4. The lowest BCUT2D eigenvalue weighted by Gasteiger charge is -2.08. The highest BCUT2D eigenvalue weighted by atomic mass is 35.5. The zero-order valence-electron chi connectivity index (χ0n) is 18.4. The van der Waals surface area contributed by atoms with Crippen LogP contribution in [0, 0.1) is 6.92 Å². The molecule has 0 bridgehead atoms. The molecule has 12 heteroatoms. The number of anilines is 2. The van der Waals surface area contributed by atoms with Crippen LogP contribution in [0.5, 0.6) is 0 Å². The highest BCUT2D eigenvalue weighted by molar-refractivity contribution is 7.18. The summed E-state index contributed by atoms with van der Waals surface area (Å²) in [4.78, 5) is 29.0.